The minimum absolute atomic E-state index is 0.105. The first-order chi connectivity index (χ1) is 16.7. The summed E-state index contributed by atoms with van der Waals surface area (Å²) in [5.74, 6) is -2.57. The van der Waals surface area contributed by atoms with Crippen molar-refractivity contribution in [2.75, 3.05) is 11.5 Å². The van der Waals surface area contributed by atoms with Gasteiger partial charge in [0, 0.05) is 36.3 Å². The van der Waals surface area contributed by atoms with Crippen LogP contribution in [-0.2, 0) is 19.9 Å². The second-order valence-corrected chi connectivity index (χ2v) is 9.37. The van der Waals surface area contributed by atoms with Gasteiger partial charge >= 0.3 is 6.36 Å². The Labute approximate surface area is 209 Å². The Kier molecular flexibility index (Phi) is 8.09. The highest BCUT2D eigenvalue weighted by Gasteiger charge is 2.48. The molecule has 1 aliphatic heterocycles. The maximum atomic E-state index is 14.2. The first kappa shape index (κ1) is 27.6. The fourth-order valence-electron chi connectivity index (χ4n) is 4.09. The van der Waals surface area contributed by atoms with Crippen LogP contribution in [0.3, 0.4) is 0 Å². The average molecular weight is 533 g/mol. The monoisotopic (exact) mass is 532 g/mol. The summed E-state index contributed by atoms with van der Waals surface area (Å²) >= 11 is 5.51. The molecule has 2 aromatic rings. The van der Waals surface area contributed by atoms with E-state index in [0.717, 1.165) is 29.2 Å². The van der Waals surface area contributed by atoms with Crippen molar-refractivity contribution in [2.45, 2.75) is 62.8 Å². The summed E-state index contributed by atoms with van der Waals surface area (Å²) in [7, 11) is 0. The van der Waals surface area contributed by atoms with E-state index in [4.69, 9.17) is 16.3 Å². The van der Waals surface area contributed by atoms with E-state index in [0.29, 0.717) is 19.4 Å². The van der Waals surface area contributed by atoms with Gasteiger partial charge in [0.25, 0.3) is 17.4 Å². The number of hydrogen-bond donors (Lipinski definition) is 1. The van der Waals surface area contributed by atoms with E-state index in [-0.39, 0.29) is 17.3 Å². The Morgan fingerprint density at radius 1 is 1.22 bits per heavy atom. The standard InChI is InChI=1S/C23H25ClF4N4O4/c1-21(2)10-15(8-9-35-21)31-20(34)22(3,14-11-29-13-30-12-14)32(19(33)18(24)25)16-4-6-17(7-5-16)36-23(26,27)28/h4-7,11-13,15,18H,8-10H2,1-3H3,(H,31,34)/t15-,18-,22+/m0/s1. The molecule has 1 saturated heterocycles. The van der Waals surface area contributed by atoms with E-state index in [1.54, 1.807) is 0 Å². The number of anilines is 1. The molecule has 0 bridgehead atoms. The lowest BCUT2D eigenvalue weighted by Gasteiger charge is -2.42. The minimum atomic E-state index is -4.94. The molecule has 0 aliphatic carbocycles. The molecular weight excluding hydrogens is 508 g/mol. The molecule has 0 unspecified atom stereocenters. The molecule has 1 fully saturated rings. The predicted octanol–water partition coefficient (Wildman–Crippen LogP) is 4.23. The molecule has 196 valence electrons. The maximum absolute atomic E-state index is 14.2. The van der Waals surface area contributed by atoms with Gasteiger partial charge in [0.2, 0.25) is 0 Å². The molecule has 3 atom stereocenters. The van der Waals surface area contributed by atoms with E-state index < -0.39 is 40.7 Å². The van der Waals surface area contributed by atoms with Gasteiger partial charge in [-0.15, -0.1) is 13.2 Å². The van der Waals surface area contributed by atoms with E-state index in [2.05, 4.69) is 20.0 Å². The largest absolute Gasteiger partial charge is 0.573 e. The zero-order valence-electron chi connectivity index (χ0n) is 19.7. The second kappa shape index (κ2) is 10.6. The molecule has 0 radical (unpaired) electrons. The van der Waals surface area contributed by atoms with Crippen LogP contribution in [0.2, 0.25) is 0 Å². The van der Waals surface area contributed by atoms with Gasteiger partial charge in [-0.3, -0.25) is 14.5 Å². The number of rotatable bonds is 7. The van der Waals surface area contributed by atoms with Gasteiger partial charge in [0.15, 0.2) is 5.54 Å². The summed E-state index contributed by atoms with van der Waals surface area (Å²) in [5, 5.41) is 2.89. The van der Waals surface area contributed by atoms with Gasteiger partial charge in [-0.25, -0.2) is 14.4 Å². The molecule has 2 heterocycles. The molecule has 1 N–H and O–H groups in total. The lowest BCUT2D eigenvalue weighted by molar-refractivity contribution is -0.274. The molecule has 0 saturated carbocycles. The highest BCUT2D eigenvalue weighted by Crippen LogP contribution is 2.36. The fourth-order valence-corrected chi connectivity index (χ4v) is 4.19. The van der Waals surface area contributed by atoms with Gasteiger partial charge in [-0.1, -0.05) is 11.6 Å². The van der Waals surface area contributed by atoms with Crippen molar-refractivity contribution in [2.24, 2.45) is 0 Å². The number of aromatic nitrogens is 2. The third-order valence-corrected chi connectivity index (χ3v) is 5.97. The molecule has 1 aromatic heterocycles. The Morgan fingerprint density at radius 2 is 1.83 bits per heavy atom. The predicted molar refractivity (Wildman–Crippen MR) is 122 cm³/mol. The molecule has 3 rings (SSSR count). The van der Waals surface area contributed by atoms with Crippen LogP contribution < -0.4 is 15.0 Å². The van der Waals surface area contributed by atoms with E-state index in [1.807, 2.05) is 13.8 Å². The van der Waals surface area contributed by atoms with Gasteiger partial charge in [0.1, 0.15) is 12.1 Å². The van der Waals surface area contributed by atoms with Crippen molar-refractivity contribution < 1.29 is 36.6 Å². The zero-order valence-corrected chi connectivity index (χ0v) is 20.4. The Bertz CT molecular complexity index is 1070. The number of carbonyl (C=O) groups excluding carboxylic acids is 2. The van der Waals surface area contributed by atoms with E-state index in [9.17, 15) is 27.2 Å². The van der Waals surface area contributed by atoms with Gasteiger partial charge in [-0.2, -0.15) is 0 Å². The van der Waals surface area contributed by atoms with Crippen LogP contribution in [-0.4, -0.2) is 52.0 Å². The number of nitrogens with one attached hydrogen (secondary N) is 1. The number of amides is 2. The number of nitrogens with zero attached hydrogens (tertiary/aromatic N) is 3. The van der Waals surface area contributed by atoms with Crippen molar-refractivity contribution >= 4 is 29.1 Å². The fraction of sp³-hybridized carbons (Fsp3) is 0.478. The summed E-state index contributed by atoms with van der Waals surface area (Å²) in [5.41, 5.74) is -4.99. The number of halogens is 5. The maximum Gasteiger partial charge on any atom is 0.573 e. The third-order valence-electron chi connectivity index (χ3n) is 5.78. The molecule has 8 nitrogen and oxygen atoms in total. The van der Waals surface area contributed by atoms with Crippen LogP contribution in [0.25, 0.3) is 0 Å². The zero-order chi connectivity index (χ0) is 26.7. The number of ether oxygens (including phenoxy) is 2. The molecule has 0 spiro atoms. The van der Waals surface area contributed by atoms with Crippen LogP contribution in [0.5, 0.6) is 5.75 Å². The highest BCUT2D eigenvalue weighted by molar-refractivity contribution is 6.32. The Hall–Kier alpha value is -2.99. The van der Waals surface area contributed by atoms with Crippen LogP contribution in [0, 0.1) is 0 Å². The summed E-state index contributed by atoms with van der Waals surface area (Å²) in [6, 6.07) is 3.72. The van der Waals surface area contributed by atoms with Crippen LogP contribution >= 0.6 is 11.6 Å². The smallest absolute Gasteiger partial charge is 0.406 e. The van der Waals surface area contributed by atoms with Crippen molar-refractivity contribution in [3.63, 3.8) is 0 Å². The summed E-state index contributed by atoms with van der Waals surface area (Å²) in [4.78, 5) is 35.5. The number of hydrogen-bond acceptors (Lipinski definition) is 6. The van der Waals surface area contributed by atoms with Crippen molar-refractivity contribution in [1.82, 2.24) is 15.3 Å². The molecule has 1 aliphatic rings. The normalized spacial score (nSPS) is 20.1. The average Bonchev–Trinajstić information content (AvgIpc) is 2.79. The molecule has 13 heteroatoms. The van der Waals surface area contributed by atoms with Crippen molar-refractivity contribution in [3.05, 3.63) is 48.5 Å². The first-order valence-electron chi connectivity index (χ1n) is 10.9. The molecule has 1 aromatic carbocycles. The SMILES string of the molecule is CC1(C)C[C@@H](NC(=O)[C@@](C)(c2cncnc2)N(C(=O)[C@H](F)Cl)c2ccc(OC(F)(F)F)cc2)CCO1. The highest BCUT2D eigenvalue weighted by atomic mass is 35.5. The van der Waals surface area contributed by atoms with Crippen molar-refractivity contribution in [1.29, 1.82) is 0 Å². The van der Waals surface area contributed by atoms with Crippen LogP contribution in [0.1, 0.15) is 39.2 Å². The molecular formula is C23H25ClF4N4O4. The lowest BCUT2D eigenvalue weighted by Crippen LogP contribution is -2.60. The Morgan fingerprint density at radius 3 is 2.36 bits per heavy atom. The van der Waals surface area contributed by atoms with Gasteiger partial charge in [0.05, 0.1) is 5.60 Å². The number of benzene rings is 1. The first-order valence-corrected chi connectivity index (χ1v) is 11.3. The molecule has 36 heavy (non-hydrogen) atoms. The number of carbonyl (C=O) groups is 2. The Balaban J connectivity index is 2.07. The molecule has 2 amide bonds. The van der Waals surface area contributed by atoms with E-state index in [1.165, 1.54) is 25.6 Å². The van der Waals surface area contributed by atoms with Crippen LogP contribution in [0.4, 0.5) is 23.2 Å². The van der Waals surface area contributed by atoms with E-state index >= 15 is 0 Å². The third kappa shape index (κ3) is 6.41. The topological polar surface area (TPSA) is 93.7 Å². The summed E-state index contributed by atoms with van der Waals surface area (Å²) in [6.07, 6.45) is -0.205. The van der Waals surface area contributed by atoms with Gasteiger partial charge in [-0.05, 0) is 57.9 Å². The second-order valence-electron chi connectivity index (χ2n) is 8.99. The lowest BCUT2D eigenvalue weighted by atomic mass is 9.88. The minimum Gasteiger partial charge on any atom is -0.406 e. The van der Waals surface area contributed by atoms with Gasteiger partial charge < -0.3 is 14.8 Å². The van der Waals surface area contributed by atoms with Crippen LogP contribution in [0.15, 0.2) is 43.0 Å². The summed E-state index contributed by atoms with van der Waals surface area (Å²) < 4.78 is 61.6. The van der Waals surface area contributed by atoms with Crippen molar-refractivity contribution in [3.8, 4) is 5.75 Å². The summed E-state index contributed by atoms with van der Waals surface area (Å²) in [6.45, 7) is 5.48. The number of alkyl halides is 5. The quantitative estimate of drug-likeness (QED) is 0.424.